The van der Waals surface area contributed by atoms with Crippen LogP contribution >= 0.6 is 0 Å². The van der Waals surface area contributed by atoms with Crippen LogP contribution in [-0.4, -0.2) is 59.6 Å². The highest BCUT2D eigenvalue weighted by atomic mass is 19.4. The fourth-order valence-corrected chi connectivity index (χ4v) is 2.84. The molecule has 0 bridgehead atoms. The maximum absolute atomic E-state index is 12.5. The summed E-state index contributed by atoms with van der Waals surface area (Å²) in [6, 6.07) is 4.95. The van der Waals surface area contributed by atoms with Crippen LogP contribution in [0.3, 0.4) is 0 Å². The van der Waals surface area contributed by atoms with Gasteiger partial charge >= 0.3 is 6.18 Å². The normalized spacial score (nSPS) is 18.0. The van der Waals surface area contributed by atoms with Crippen LogP contribution in [0.4, 0.5) is 13.2 Å². The van der Waals surface area contributed by atoms with Gasteiger partial charge in [-0.05, 0) is 31.0 Å². The highest BCUT2D eigenvalue weighted by Gasteiger charge is 2.33. The number of alkyl halides is 3. The maximum atomic E-state index is 12.5. The average Bonchev–Trinajstić information content (AvgIpc) is 3.01. The van der Waals surface area contributed by atoms with Gasteiger partial charge in [-0.3, -0.25) is 9.69 Å². The van der Waals surface area contributed by atoms with E-state index in [0.29, 0.717) is 38.2 Å². The van der Waals surface area contributed by atoms with E-state index in [1.54, 1.807) is 11.8 Å². The van der Waals surface area contributed by atoms with E-state index in [9.17, 15) is 18.0 Å². The number of hydrogen-bond donors (Lipinski definition) is 0. The molecule has 0 aliphatic carbocycles. The zero-order chi connectivity index (χ0) is 17.7. The Hall–Kier alpha value is -2.14. The molecule has 1 aromatic rings. The van der Waals surface area contributed by atoms with E-state index in [1.165, 1.54) is 23.2 Å². The first kappa shape index (κ1) is 18.2. The molecule has 1 aliphatic rings. The molecule has 1 saturated heterocycles. The van der Waals surface area contributed by atoms with Gasteiger partial charge in [-0.25, -0.2) is 4.98 Å². The molecule has 2 heterocycles. The smallest absolute Gasteiger partial charge is 0.337 e. The Morgan fingerprint density at radius 3 is 2.79 bits per heavy atom. The summed E-state index contributed by atoms with van der Waals surface area (Å²) in [5.41, 5.74) is 0.619. The van der Waals surface area contributed by atoms with Crippen LogP contribution in [0.1, 0.15) is 29.4 Å². The molecule has 24 heavy (non-hydrogen) atoms. The third-order valence-corrected chi connectivity index (χ3v) is 4.05. The number of amides is 1. The van der Waals surface area contributed by atoms with Crippen molar-refractivity contribution in [2.45, 2.75) is 19.5 Å². The minimum atomic E-state index is -4.21. The van der Waals surface area contributed by atoms with Crippen LogP contribution in [-0.2, 0) is 0 Å². The second kappa shape index (κ2) is 7.62. The standard InChI is InChI=1S/C16H19F3N4O/c1-2-22(11-16(17,18)19)9-13-5-6-23(10-13)15(24)14-4-3-12(7-20)8-21-14/h3-4,8,13H,2,5-6,9-11H2,1H3/t13-/m1/s1. The van der Waals surface area contributed by atoms with Gasteiger partial charge in [0.1, 0.15) is 11.8 Å². The van der Waals surface area contributed by atoms with Crippen LogP contribution < -0.4 is 0 Å². The molecule has 0 N–H and O–H groups in total. The van der Waals surface area contributed by atoms with Gasteiger partial charge in [0.25, 0.3) is 5.91 Å². The lowest BCUT2D eigenvalue weighted by atomic mass is 10.1. The molecule has 0 aromatic carbocycles. The van der Waals surface area contributed by atoms with Crippen molar-refractivity contribution in [3.05, 3.63) is 29.6 Å². The predicted octanol–water partition coefficient (Wildman–Crippen LogP) is 2.30. The van der Waals surface area contributed by atoms with Crippen molar-refractivity contribution >= 4 is 5.91 Å². The van der Waals surface area contributed by atoms with E-state index in [4.69, 9.17) is 5.26 Å². The van der Waals surface area contributed by atoms with Gasteiger partial charge in [0.05, 0.1) is 12.1 Å². The Morgan fingerprint density at radius 1 is 1.50 bits per heavy atom. The first-order chi connectivity index (χ1) is 11.3. The van der Waals surface area contributed by atoms with E-state index in [-0.39, 0.29) is 17.5 Å². The second-order valence-corrected chi connectivity index (χ2v) is 5.89. The highest BCUT2D eigenvalue weighted by molar-refractivity contribution is 5.92. The Labute approximate surface area is 138 Å². The Kier molecular flexibility index (Phi) is 5.78. The minimum absolute atomic E-state index is 0.0228. The summed E-state index contributed by atoms with van der Waals surface area (Å²) < 4.78 is 37.6. The zero-order valence-electron chi connectivity index (χ0n) is 13.4. The summed E-state index contributed by atoms with van der Waals surface area (Å²) in [6.07, 6.45) is -2.20. The molecule has 0 spiro atoms. The molecular formula is C16H19F3N4O. The molecule has 1 aromatic heterocycles. The Balaban J connectivity index is 1.92. The second-order valence-electron chi connectivity index (χ2n) is 5.89. The van der Waals surface area contributed by atoms with Gasteiger partial charge in [-0.2, -0.15) is 18.4 Å². The summed E-state index contributed by atoms with van der Waals surface area (Å²) in [5, 5.41) is 8.73. The van der Waals surface area contributed by atoms with Gasteiger partial charge < -0.3 is 4.90 Å². The lowest BCUT2D eigenvalue weighted by molar-refractivity contribution is -0.146. The number of hydrogen-bond acceptors (Lipinski definition) is 4. The fraction of sp³-hybridized carbons (Fsp3) is 0.562. The molecule has 0 radical (unpaired) electrons. The lowest BCUT2D eigenvalue weighted by Crippen LogP contribution is -2.38. The van der Waals surface area contributed by atoms with Crippen LogP contribution in [0.15, 0.2) is 18.3 Å². The molecule has 5 nitrogen and oxygen atoms in total. The lowest BCUT2D eigenvalue weighted by Gasteiger charge is -2.25. The Morgan fingerprint density at radius 2 is 2.25 bits per heavy atom. The SMILES string of the molecule is CCN(C[C@H]1CCN(C(=O)c2ccc(C#N)cn2)C1)CC(F)(F)F. The number of rotatable bonds is 5. The minimum Gasteiger partial charge on any atom is -0.337 e. The van der Waals surface area contributed by atoms with E-state index in [1.807, 2.05) is 6.07 Å². The monoisotopic (exact) mass is 340 g/mol. The van der Waals surface area contributed by atoms with Gasteiger partial charge in [-0.15, -0.1) is 0 Å². The molecule has 1 atom stereocenters. The average molecular weight is 340 g/mol. The zero-order valence-corrected chi connectivity index (χ0v) is 13.4. The predicted molar refractivity (Wildman–Crippen MR) is 81.1 cm³/mol. The highest BCUT2D eigenvalue weighted by Crippen LogP contribution is 2.22. The molecule has 2 rings (SSSR count). The number of nitrogens with zero attached hydrogens (tertiary/aromatic N) is 4. The first-order valence-corrected chi connectivity index (χ1v) is 7.77. The molecule has 1 amide bonds. The van der Waals surface area contributed by atoms with Gasteiger partial charge in [-0.1, -0.05) is 6.92 Å². The summed E-state index contributed by atoms with van der Waals surface area (Å²) in [7, 11) is 0. The fourth-order valence-electron chi connectivity index (χ4n) is 2.84. The maximum Gasteiger partial charge on any atom is 0.401 e. The molecule has 8 heteroatoms. The van der Waals surface area contributed by atoms with Crippen LogP contribution in [0.5, 0.6) is 0 Å². The van der Waals surface area contributed by atoms with Crippen molar-refractivity contribution in [3.63, 3.8) is 0 Å². The van der Waals surface area contributed by atoms with Gasteiger partial charge in [0.15, 0.2) is 0 Å². The number of nitriles is 1. The molecular weight excluding hydrogens is 321 g/mol. The summed E-state index contributed by atoms with van der Waals surface area (Å²) in [4.78, 5) is 19.3. The van der Waals surface area contributed by atoms with Crippen LogP contribution in [0.2, 0.25) is 0 Å². The number of likely N-dealkylation sites (tertiary alicyclic amines) is 1. The molecule has 130 valence electrons. The molecule has 1 fully saturated rings. The summed E-state index contributed by atoms with van der Waals surface area (Å²) in [5.74, 6) is -0.226. The number of carbonyl (C=O) groups is 1. The van der Waals surface area contributed by atoms with E-state index in [0.717, 1.165) is 0 Å². The van der Waals surface area contributed by atoms with Crippen molar-refractivity contribution in [2.24, 2.45) is 5.92 Å². The van der Waals surface area contributed by atoms with Crippen LogP contribution in [0.25, 0.3) is 0 Å². The van der Waals surface area contributed by atoms with E-state index < -0.39 is 12.7 Å². The van der Waals surface area contributed by atoms with Crippen molar-refractivity contribution in [1.29, 1.82) is 5.26 Å². The van der Waals surface area contributed by atoms with Gasteiger partial charge in [0, 0.05) is 25.8 Å². The van der Waals surface area contributed by atoms with E-state index in [2.05, 4.69) is 4.98 Å². The Bertz CT molecular complexity index is 609. The number of halogens is 3. The van der Waals surface area contributed by atoms with Gasteiger partial charge in [0.2, 0.25) is 0 Å². The number of pyridine rings is 1. The molecule has 0 saturated carbocycles. The largest absolute Gasteiger partial charge is 0.401 e. The van der Waals surface area contributed by atoms with Crippen molar-refractivity contribution in [2.75, 3.05) is 32.7 Å². The summed E-state index contributed by atoms with van der Waals surface area (Å²) >= 11 is 0. The van der Waals surface area contributed by atoms with Crippen molar-refractivity contribution in [1.82, 2.24) is 14.8 Å². The number of aromatic nitrogens is 1. The van der Waals surface area contributed by atoms with E-state index >= 15 is 0 Å². The quantitative estimate of drug-likeness (QED) is 0.825. The van der Waals surface area contributed by atoms with Crippen molar-refractivity contribution < 1.29 is 18.0 Å². The third kappa shape index (κ3) is 4.93. The first-order valence-electron chi connectivity index (χ1n) is 7.77. The molecule has 1 aliphatic heterocycles. The third-order valence-electron chi connectivity index (χ3n) is 4.05. The molecule has 0 unspecified atom stereocenters. The topological polar surface area (TPSA) is 60.2 Å². The van der Waals surface area contributed by atoms with Crippen LogP contribution in [0, 0.1) is 17.2 Å². The summed E-state index contributed by atoms with van der Waals surface area (Å²) in [6.45, 7) is 2.35. The van der Waals surface area contributed by atoms with Crippen molar-refractivity contribution in [3.8, 4) is 6.07 Å². The number of carbonyl (C=O) groups excluding carboxylic acids is 1.